The van der Waals surface area contributed by atoms with Crippen LogP contribution < -0.4 is 10.2 Å². The van der Waals surface area contributed by atoms with E-state index in [4.69, 9.17) is 26.8 Å². The van der Waals surface area contributed by atoms with E-state index in [2.05, 4.69) is 11.1 Å². The van der Waals surface area contributed by atoms with Crippen molar-refractivity contribution in [2.75, 3.05) is 7.11 Å². The van der Waals surface area contributed by atoms with E-state index < -0.39 is 0 Å². The van der Waals surface area contributed by atoms with Gasteiger partial charge in [0.15, 0.2) is 0 Å². The number of nitrogens with one attached hydrogen (secondary N) is 2. The summed E-state index contributed by atoms with van der Waals surface area (Å²) >= 11 is 5.48. The van der Waals surface area contributed by atoms with Crippen molar-refractivity contribution in [1.82, 2.24) is 9.55 Å². The molecular weight excluding hydrogens is 394 g/mol. The molecule has 2 N–H and O–H groups in total. The molecule has 0 bridgehead atoms. The van der Waals surface area contributed by atoms with Crippen LogP contribution in [0, 0.1) is 10.2 Å². The highest BCUT2D eigenvalue weighted by Gasteiger charge is 2.23. The Morgan fingerprint density at radius 2 is 1.87 bits per heavy atom. The molecule has 2 heterocycles. The number of para-hydroxylation sites is 1. The molecule has 150 valence electrons. The van der Waals surface area contributed by atoms with E-state index in [1.165, 1.54) is 5.57 Å². The molecule has 0 atom stereocenters. The van der Waals surface area contributed by atoms with Gasteiger partial charge >= 0.3 is 0 Å². The summed E-state index contributed by atoms with van der Waals surface area (Å²) in [6, 6.07) is 17.7. The fourth-order valence-corrected chi connectivity index (χ4v) is 4.42. The predicted octanol–water partition coefficient (Wildman–Crippen LogP) is 5.65. The smallest absolute Gasteiger partial charge is 0.276 e. The summed E-state index contributed by atoms with van der Waals surface area (Å²) in [7, 11) is 1.67. The zero-order chi connectivity index (χ0) is 20.7. The van der Waals surface area contributed by atoms with E-state index >= 15 is 0 Å². The minimum absolute atomic E-state index is 0.262. The van der Waals surface area contributed by atoms with Crippen LogP contribution in [-0.4, -0.2) is 16.7 Å². The normalized spacial score (nSPS) is 14.8. The zero-order valence-electron chi connectivity index (χ0n) is 16.6. The summed E-state index contributed by atoms with van der Waals surface area (Å²) < 4.78 is 12.9. The molecule has 0 spiro atoms. The molecule has 0 saturated heterocycles. The van der Waals surface area contributed by atoms with E-state index in [1.807, 2.05) is 54.6 Å². The number of benzene rings is 2. The molecule has 30 heavy (non-hydrogen) atoms. The first kappa shape index (κ1) is 18.6. The third-order valence-corrected chi connectivity index (χ3v) is 5.81. The van der Waals surface area contributed by atoms with E-state index in [9.17, 15) is 0 Å². The van der Waals surface area contributed by atoms with Gasteiger partial charge in [-0.1, -0.05) is 36.4 Å². The van der Waals surface area contributed by atoms with Gasteiger partial charge in [-0.3, -0.25) is 9.98 Å². The molecule has 0 saturated carbocycles. The van der Waals surface area contributed by atoms with Gasteiger partial charge in [-0.05, 0) is 66.9 Å². The fraction of sp³-hybridized carbons (Fsp3) is 0.167. The zero-order valence-corrected chi connectivity index (χ0v) is 17.4. The van der Waals surface area contributed by atoms with Crippen LogP contribution in [0.15, 0.2) is 59.0 Å². The van der Waals surface area contributed by atoms with E-state index in [1.54, 1.807) is 11.7 Å². The highest BCUT2D eigenvalue weighted by molar-refractivity contribution is 7.71. The largest absolute Gasteiger partial charge is 0.497 e. The lowest BCUT2D eigenvalue weighted by Crippen LogP contribution is -2.20. The molecule has 5 nitrogen and oxygen atoms in total. The number of nitrogens with zero attached hydrogens (tertiary/aromatic N) is 1. The van der Waals surface area contributed by atoms with Gasteiger partial charge in [0, 0.05) is 11.3 Å². The van der Waals surface area contributed by atoms with Crippen LogP contribution in [0.3, 0.4) is 0 Å². The monoisotopic (exact) mass is 415 g/mol. The summed E-state index contributed by atoms with van der Waals surface area (Å²) in [6.07, 6.45) is 5.12. The van der Waals surface area contributed by atoms with E-state index in [0.29, 0.717) is 11.2 Å². The highest BCUT2D eigenvalue weighted by atomic mass is 32.1. The van der Waals surface area contributed by atoms with Crippen LogP contribution in [-0.2, 0) is 6.42 Å². The molecule has 2 aromatic heterocycles. The number of aryl methyl sites for hydroxylation is 1. The molecule has 5 rings (SSSR count). The van der Waals surface area contributed by atoms with Crippen LogP contribution in [0.5, 0.6) is 5.75 Å². The average Bonchev–Trinajstić information content (AvgIpc) is 3.14. The topological polar surface area (TPSA) is 66.9 Å². The number of allylic oxidation sites excluding steroid dienone is 1. The third-order valence-electron chi connectivity index (χ3n) is 5.54. The van der Waals surface area contributed by atoms with Crippen molar-refractivity contribution < 1.29 is 9.15 Å². The lowest BCUT2D eigenvalue weighted by Gasteiger charge is -2.16. The van der Waals surface area contributed by atoms with Gasteiger partial charge in [0.05, 0.1) is 18.2 Å². The number of rotatable bonds is 3. The van der Waals surface area contributed by atoms with E-state index in [0.717, 1.165) is 52.9 Å². The summed E-state index contributed by atoms with van der Waals surface area (Å²) in [6.45, 7) is 0. The van der Waals surface area contributed by atoms with Crippen molar-refractivity contribution in [2.24, 2.45) is 0 Å². The van der Waals surface area contributed by atoms with Crippen molar-refractivity contribution in [3.05, 3.63) is 81.7 Å². The Balaban J connectivity index is 1.74. The molecule has 1 aliphatic rings. The first-order valence-electron chi connectivity index (χ1n) is 9.91. The quantitative estimate of drug-likeness (QED) is 0.425. The van der Waals surface area contributed by atoms with Crippen molar-refractivity contribution >= 4 is 35.0 Å². The van der Waals surface area contributed by atoms with Gasteiger partial charge in [0.25, 0.3) is 4.84 Å². The molecule has 4 aromatic rings. The molecule has 2 aromatic carbocycles. The van der Waals surface area contributed by atoms with Gasteiger partial charge < -0.3 is 14.1 Å². The van der Waals surface area contributed by atoms with Crippen molar-refractivity contribution in [3.63, 3.8) is 0 Å². The van der Waals surface area contributed by atoms with Crippen molar-refractivity contribution in [2.45, 2.75) is 19.3 Å². The summed E-state index contributed by atoms with van der Waals surface area (Å²) in [4.78, 5) is 3.64. The first-order valence-corrected chi connectivity index (χ1v) is 10.3. The number of fused-ring (bicyclic) bond motifs is 3. The number of aromatic nitrogens is 2. The molecule has 0 aliphatic heterocycles. The van der Waals surface area contributed by atoms with Crippen LogP contribution >= 0.6 is 12.2 Å². The maximum atomic E-state index is 8.97. The lowest BCUT2D eigenvalue weighted by molar-refractivity contribution is 0.415. The maximum Gasteiger partial charge on any atom is 0.276 e. The van der Waals surface area contributed by atoms with Crippen LogP contribution in [0.2, 0.25) is 0 Å². The van der Waals surface area contributed by atoms with Crippen molar-refractivity contribution in [1.29, 1.82) is 5.41 Å². The van der Waals surface area contributed by atoms with Gasteiger partial charge in [-0.25, -0.2) is 0 Å². The Hall–Kier alpha value is -3.38. The predicted molar refractivity (Wildman–Crippen MR) is 120 cm³/mol. The number of ether oxygens (including phenoxy) is 1. The summed E-state index contributed by atoms with van der Waals surface area (Å²) in [5, 5.41) is 9.75. The Bertz CT molecular complexity index is 1380. The second-order valence-electron chi connectivity index (χ2n) is 7.37. The van der Waals surface area contributed by atoms with Gasteiger partial charge in [-0.15, -0.1) is 0 Å². The third kappa shape index (κ3) is 3.09. The van der Waals surface area contributed by atoms with E-state index in [-0.39, 0.29) is 4.84 Å². The molecule has 1 aliphatic carbocycles. The molecular formula is C24H21N3O2S. The highest BCUT2D eigenvalue weighted by Crippen LogP contribution is 2.36. The first-order chi connectivity index (χ1) is 14.7. The minimum atomic E-state index is 0.262. The fourth-order valence-electron chi connectivity index (χ4n) is 4.14. The number of H-pyrrole nitrogens is 1. The minimum Gasteiger partial charge on any atom is -0.497 e. The number of hydrogen-bond donors (Lipinski definition) is 2. The lowest BCUT2D eigenvalue weighted by atomic mass is 9.89. The SMILES string of the molecule is COc1ccc(/C=C2\CCCc3[nH]c4oc(=S)n(-c5ccccc5)c(=N)c4c32)cc1. The van der Waals surface area contributed by atoms with Crippen LogP contribution in [0.25, 0.3) is 28.4 Å². The second-order valence-corrected chi connectivity index (χ2v) is 7.72. The van der Waals surface area contributed by atoms with Crippen LogP contribution in [0.1, 0.15) is 29.7 Å². The Labute approximate surface area is 178 Å². The second kappa shape index (κ2) is 7.46. The average molecular weight is 416 g/mol. The Kier molecular flexibility index (Phi) is 4.64. The summed E-state index contributed by atoms with van der Waals surface area (Å²) in [5.74, 6) is 0.836. The van der Waals surface area contributed by atoms with Crippen molar-refractivity contribution in [3.8, 4) is 11.4 Å². The molecule has 0 amide bonds. The van der Waals surface area contributed by atoms with Gasteiger partial charge in [0.1, 0.15) is 11.2 Å². The van der Waals surface area contributed by atoms with Gasteiger partial charge in [-0.2, -0.15) is 0 Å². The summed E-state index contributed by atoms with van der Waals surface area (Å²) in [5.41, 5.74) is 6.22. The number of aromatic amines is 1. The Morgan fingerprint density at radius 1 is 1.10 bits per heavy atom. The standard InChI is InChI=1S/C24H21N3O2S/c1-28-18-12-10-15(11-13-18)14-16-6-5-9-19-20(16)21-22(25)27(17-7-3-2-4-8-17)24(30)29-23(21)26-19/h2-4,7-8,10-14,25-26H,5-6,9H2,1H3/b16-14+,25-22?. The molecule has 0 fully saturated rings. The van der Waals surface area contributed by atoms with Gasteiger partial charge in [0.2, 0.25) is 5.71 Å². The number of methoxy groups -OCH3 is 1. The number of hydrogen-bond acceptors (Lipinski definition) is 4. The maximum absolute atomic E-state index is 8.97. The Morgan fingerprint density at radius 3 is 2.60 bits per heavy atom. The molecule has 0 unspecified atom stereocenters. The van der Waals surface area contributed by atoms with Crippen LogP contribution in [0.4, 0.5) is 0 Å². The molecule has 6 heteroatoms. The molecule has 0 radical (unpaired) electrons.